The summed E-state index contributed by atoms with van der Waals surface area (Å²) in [5.41, 5.74) is 0. The molecular formula is C11H11ClO3. The first-order chi connectivity index (χ1) is 7.22. The second-order valence-electron chi connectivity index (χ2n) is 2.99. The van der Waals surface area contributed by atoms with Crippen molar-refractivity contribution in [1.82, 2.24) is 0 Å². The monoisotopic (exact) mass is 226 g/mol. The summed E-state index contributed by atoms with van der Waals surface area (Å²) < 4.78 is 5.00. The number of halogens is 1. The second kappa shape index (κ2) is 6.19. The normalized spacial score (nSPS) is 9.67. The van der Waals surface area contributed by atoms with Gasteiger partial charge in [0, 0.05) is 17.9 Å². The minimum absolute atomic E-state index is 0.251. The van der Waals surface area contributed by atoms with E-state index in [1.807, 2.05) is 0 Å². The van der Waals surface area contributed by atoms with Gasteiger partial charge in [-0.1, -0.05) is 11.6 Å². The zero-order valence-corrected chi connectivity index (χ0v) is 8.87. The Morgan fingerprint density at radius 2 is 2.00 bits per heavy atom. The van der Waals surface area contributed by atoms with Crippen molar-refractivity contribution in [1.29, 1.82) is 0 Å². The molecule has 0 radical (unpaired) electrons. The first-order valence-corrected chi connectivity index (χ1v) is 5.00. The van der Waals surface area contributed by atoms with Gasteiger partial charge in [-0.15, -0.1) is 0 Å². The Morgan fingerprint density at radius 1 is 1.33 bits per heavy atom. The number of ether oxygens (including phenoxy) is 1. The van der Waals surface area contributed by atoms with Gasteiger partial charge in [0.05, 0.1) is 0 Å². The quantitative estimate of drug-likeness (QED) is 0.336. The van der Waals surface area contributed by atoms with Crippen molar-refractivity contribution in [2.75, 3.05) is 0 Å². The Labute approximate surface area is 93.0 Å². The smallest absolute Gasteiger partial charge is 0.311 e. The zero-order valence-electron chi connectivity index (χ0n) is 8.11. The van der Waals surface area contributed by atoms with Gasteiger partial charge in [-0.3, -0.25) is 4.79 Å². The van der Waals surface area contributed by atoms with Crippen molar-refractivity contribution in [2.45, 2.75) is 19.3 Å². The molecule has 1 aromatic carbocycles. The third-order valence-electron chi connectivity index (χ3n) is 1.75. The molecule has 0 spiro atoms. The number of aldehydes is 1. The summed E-state index contributed by atoms with van der Waals surface area (Å²) in [6.45, 7) is 0. The van der Waals surface area contributed by atoms with Crippen molar-refractivity contribution in [2.24, 2.45) is 0 Å². The van der Waals surface area contributed by atoms with E-state index in [0.717, 1.165) is 6.29 Å². The highest BCUT2D eigenvalue weighted by Crippen LogP contribution is 2.16. The molecule has 0 amide bonds. The van der Waals surface area contributed by atoms with Crippen LogP contribution < -0.4 is 4.74 Å². The van der Waals surface area contributed by atoms with E-state index in [9.17, 15) is 9.59 Å². The molecule has 0 unspecified atom stereocenters. The Kier molecular flexibility index (Phi) is 4.84. The van der Waals surface area contributed by atoms with Gasteiger partial charge in [0.2, 0.25) is 0 Å². The van der Waals surface area contributed by atoms with Crippen LogP contribution in [0.25, 0.3) is 0 Å². The van der Waals surface area contributed by atoms with Crippen LogP contribution in [0.3, 0.4) is 0 Å². The van der Waals surface area contributed by atoms with Gasteiger partial charge in [0.15, 0.2) is 0 Å². The third kappa shape index (κ3) is 4.61. The van der Waals surface area contributed by atoms with Gasteiger partial charge >= 0.3 is 5.97 Å². The van der Waals surface area contributed by atoms with Crippen molar-refractivity contribution in [3.05, 3.63) is 29.3 Å². The standard InChI is InChI=1S/C11H11ClO3/c12-9-4-6-10(7-5-9)15-11(14)3-1-2-8-13/h4-8H,1-3H2. The number of carbonyl (C=O) groups is 2. The number of hydrogen-bond donors (Lipinski definition) is 0. The summed E-state index contributed by atoms with van der Waals surface area (Å²) in [4.78, 5) is 21.2. The first kappa shape index (κ1) is 11.7. The van der Waals surface area contributed by atoms with Crippen molar-refractivity contribution in [3.63, 3.8) is 0 Å². The van der Waals surface area contributed by atoms with Crippen LogP contribution in [0.15, 0.2) is 24.3 Å². The van der Waals surface area contributed by atoms with Crippen LogP contribution >= 0.6 is 11.6 Å². The molecule has 80 valence electrons. The summed E-state index contributed by atoms with van der Waals surface area (Å²) in [7, 11) is 0. The van der Waals surface area contributed by atoms with Crippen LogP contribution in [0.5, 0.6) is 5.75 Å². The minimum atomic E-state index is -0.334. The van der Waals surface area contributed by atoms with E-state index in [0.29, 0.717) is 23.6 Å². The van der Waals surface area contributed by atoms with Gasteiger partial charge in [-0.05, 0) is 30.7 Å². The molecule has 15 heavy (non-hydrogen) atoms. The number of hydrogen-bond acceptors (Lipinski definition) is 3. The fourth-order valence-corrected chi connectivity index (χ4v) is 1.14. The van der Waals surface area contributed by atoms with Crippen molar-refractivity contribution >= 4 is 23.9 Å². The third-order valence-corrected chi connectivity index (χ3v) is 2.00. The molecule has 0 aliphatic heterocycles. The summed E-state index contributed by atoms with van der Waals surface area (Å²) >= 11 is 5.67. The molecule has 0 aromatic heterocycles. The van der Waals surface area contributed by atoms with Crippen LogP contribution in [-0.4, -0.2) is 12.3 Å². The lowest BCUT2D eigenvalue weighted by Gasteiger charge is -2.02. The number of benzene rings is 1. The summed E-state index contributed by atoms with van der Waals surface area (Å²) in [6.07, 6.45) is 1.95. The van der Waals surface area contributed by atoms with Gasteiger partial charge in [0.25, 0.3) is 0 Å². The molecule has 0 aliphatic rings. The highest BCUT2D eigenvalue weighted by atomic mass is 35.5. The van der Waals surface area contributed by atoms with E-state index in [1.54, 1.807) is 24.3 Å². The Bertz CT molecular complexity index is 332. The van der Waals surface area contributed by atoms with E-state index in [4.69, 9.17) is 16.3 Å². The maximum Gasteiger partial charge on any atom is 0.311 e. The fourth-order valence-electron chi connectivity index (χ4n) is 1.01. The molecule has 1 aromatic rings. The van der Waals surface area contributed by atoms with Gasteiger partial charge < -0.3 is 9.53 Å². The topological polar surface area (TPSA) is 43.4 Å². The predicted octanol–water partition coefficient (Wildman–Crippen LogP) is 2.61. The lowest BCUT2D eigenvalue weighted by atomic mass is 10.2. The van der Waals surface area contributed by atoms with Crippen LogP contribution in [0.1, 0.15) is 19.3 Å². The van der Waals surface area contributed by atoms with Crippen molar-refractivity contribution < 1.29 is 14.3 Å². The molecule has 4 heteroatoms. The van der Waals surface area contributed by atoms with E-state index in [2.05, 4.69) is 0 Å². The molecule has 0 atom stereocenters. The van der Waals surface area contributed by atoms with E-state index >= 15 is 0 Å². The SMILES string of the molecule is O=CCCCC(=O)Oc1ccc(Cl)cc1. The molecule has 3 nitrogen and oxygen atoms in total. The van der Waals surface area contributed by atoms with Gasteiger partial charge in [-0.25, -0.2) is 0 Å². The molecule has 0 fully saturated rings. The van der Waals surface area contributed by atoms with E-state index in [-0.39, 0.29) is 12.4 Å². The molecule has 0 bridgehead atoms. The average molecular weight is 227 g/mol. The molecule has 0 N–H and O–H groups in total. The van der Waals surface area contributed by atoms with Crippen LogP contribution in [-0.2, 0) is 9.59 Å². The number of unbranched alkanes of at least 4 members (excludes halogenated alkanes) is 1. The van der Waals surface area contributed by atoms with E-state index < -0.39 is 0 Å². The predicted molar refractivity (Wildman–Crippen MR) is 57.0 cm³/mol. The average Bonchev–Trinajstić information content (AvgIpc) is 2.22. The van der Waals surface area contributed by atoms with Crippen LogP contribution in [0.2, 0.25) is 5.02 Å². The van der Waals surface area contributed by atoms with Gasteiger partial charge in [0.1, 0.15) is 12.0 Å². The van der Waals surface area contributed by atoms with Crippen molar-refractivity contribution in [3.8, 4) is 5.75 Å². The van der Waals surface area contributed by atoms with Crippen LogP contribution in [0.4, 0.5) is 0 Å². The number of rotatable bonds is 5. The van der Waals surface area contributed by atoms with E-state index in [1.165, 1.54) is 0 Å². The first-order valence-electron chi connectivity index (χ1n) is 4.62. The highest BCUT2D eigenvalue weighted by molar-refractivity contribution is 6.30. The summed E-state index contributed by atoms with van der Waals surface area (Å²) in [5, 5.41) is 0.593. The molecule has 0 saturated carbocycles. The van der Waals surface area contributed by atoms with Crippen LogP contribution in [0, 0.1) is 0 Å². The maximum atomic E-state index is 11.2. The summed E-state index contributed by atoms with van der Waals surface area (Å²) in [6, 6.07) is 6.55. The fraction of sp³-hybridized carbons (Fsp3) is 0.273. The Hall–Kier alpha value is -1.35. The summed E-state index contributed by atoms with van der Waals surface area (Å²) in [5.74, 6) is 0.134. The lowest BCUT2D eigenvalue weighted by Crippen LogP contribution is -2.07. The number of carbonyl (C=O) groups excluding carboxylic acids is 2. The van der Waals surface area contributed by atoms with Gasteiger partial charge in [-0.2, -0.15) is 0 Å². The maximum absolute atomic E-state index is 11.2. The Balaban J connectivity index is 2.37. The molecule has 1 rings (SSSR count). The molecular weight excluding hydrogens is 216 g/mol. The molecule has 0 heterocycles. The number of esters is 1. The largest absolute Gasteiger partial charge is 0.427 e. The zero-order chi connectivity index (χ0) is 11.1. The second-order valence-corrected chi connectivity index (χ2v) is 3.42. The lowest BCUT2D eigenvalue weighted by molar-refractivity contribution is -0.134. The Morgan fingerprint density at radius 3 is 2.60 bits per heavy atom. The minimum Gasteiger partial charge on any atom is -0.427 e. The molecule has 0 saturated heterocycles. The molecule has 0 aliphatic carbocycles. The highest BCUT2D eigenvalue weighted by Gasteiger charge is 2.03.